The Labute approximate surface area is 99.9 Å². The Balaban J connectivity index is 0.000000490. The van der Waals surface area contributed by atoms with E-state index in [9.17, 15) is 0 Å². The fourth-order valence-corrected chi connectivity index (χ4v) is 1.15. The van der Waals surface area contributed by atoms with Crippen LogP contribution in [-0.2, 0) is 0 Å². The molecule has 0 N–H and O–H groups in total. The second kappa shape index (κ2) is 4.38. The SMILES string of the molecule is Cc1nnc(S)s1.[KH]. The van der Waals surface area contributed by atoms with Crippen LogP contribution in [0.1, 0.15) is 5.01 Å². The third-order valence-corrected chi connectivity index (χ3v) is 1.52. The first kappa shape index (κ1) is 9.55. The van der Waals surface area contributed by atoms with Gasteiger partial charge in [-0.2, -0.15) is 0 Å². The van der Waals surface area contributed by atoms with Gasteiger partial charge >= 0.3 is 51.4 Å². The second-order valence-corrected chi connectivity index (χ2v) is 3.01. The summed E-state index contributed by atoms with van der Waals surface area (Å²) in [6.07, 6.45) is 0. The van der Waals surface area contributed by atoms with Crippen molar-refractivity contribution in [3.63, 3.8) is 0 Å². The Bertz CT molecular complexity index is 148. The van der Waals surface area contributed by atoms with Gasteiger partial charge in [-0.15, -0.1) is 22.8 Å². The Kier molecular flexibility index (Phi) is 5.22. The minimum absolute atomic E-state index is 0. The molecule has 0 aliphatic rings. The molecule has 1 rings (SSSR count). The van der Waals surface area contributed by atoms with Crippen molar-refractivity contribution in [2.24, 2.45) is 0 Å². The third-order valence-electron chi connectivity index (χ3n) is 0.515. The molecule has 0 unspecified atom stereocenters. The first-order chi connectivity index (χ1) is 3.29. The Morgan fingerprint density at radius 2 is 2.12 bits per heavy atom. The molecule has 0 bridgehead atoms. The maximum atomic E-state index is 3.95. The van der Waals surface area contributed by atoms with Crippen molar-refractivity contribution >= 4 is 75.4 Å². The molecule has 5 heteroatoms. The summed E-state index contributed by atoms with van der Waals surface area (Å²) < 4.78 is 0.734. The van der Waals surface area contributed by atoms with Gasteiger partial charge in [-0.25, -0.2) is 0 Å². The zero-order chi connectivity index (χ0) is 5.28. The van der Waals surface area contributed by atoms with Crippen LogP contribution in [0.25, 0.3) is 0 Å². The summed E-state index contributed by atoms with van der Waals surface area (Å²) in [5, 5.41) is 8.32. The quantitative estimate of drug-likeness (QED) is 0.455. The summed E-state index contributed by atoms with van der Waals surface area (Å²) in [6, 6.07) is 0. The summed E-state index contributed by atoms with van der Waals surface area (Å²) in [5.74, 6) is 0. The fourth-order valence-electron chi connectivity index (χ4n) is 0.286. The molecule has 0 fully saturated rings. The van der Waals surface area contributed by atoms with Crippen molar-refractivity contribution in [1.82, 2.24) is 10.2 Å². The van der Waals surface area contributed by atoms with Crippen LogP contribution >= 0.6 is 24.0 Å². The van der Waals surface area contributed by atoms with E-state index in [2.05, 4.69) is 22.8 Å². The van der Waals surface area contributed by atoms with Crippen LogP contribution in [0.4, 0.5) is 0 Å². The van der Waals surface area contributed by atoms with Gasteiger partial charge in [0.2, 0.25) is 0 Å². The fraction of sp³-hybridized carbons (Fsp3) is 0.333. The van der Waals surface area contributed by atoms with E-state index in [0.29, 0.717) is 0 Å². The van der Waals surface area contributed by atoms with Crippen LogP contribution in [-0.4, -0.2) is 61.6 Å². The predicted octanol–water partition coefficient (Wildman–Crippen LogP) is 0.487. The molecule has 0 radical (unpaired) electrons. The standard InChI is InChI=1S/C3H4N2S2.K.H/c1-2-4-5-3(6)7-2;;/h1H3,(H,5,6);;. The zero-order valence-corrected chi connectivity index (χ0v) is 5.46. The molecule has 8 heavy (non-hydrogen) atoms. The Morgan fingerprint density at radius 1 is 1.50 bits per heavy atom. The number of hydrogen-bond acceptors (Lipinski definition) is 4. The van der Waals surface area contributed by atoms with Gasteiger partial charge in [0.25, 0.3) is 0 Å². The first-order valence-electron chi connectivity index (χ1n) is 1.78. The summed E-state index contributed by atoms with van der Waals surface area (Å²) in [7, 11) is 0. The molecule has 40 valence electrons. The molecule has 0 aliphatic carbocycles. The van der Waals surface area contributed by atoms with E-state index in [1.807, 2.05) is 6.92 Å². The average molecular weight is 172 g/mol. The predicted molar refractivity (Wildman–Crippen MR) is 39.0 cm³/mol. The van der Waals surface area contributed by atoms with Gasteiger partial charge in [0, 0.05) is 0 Å². The number of aryl methyl sites for hydroxylation is 1. The van der Waals surface area contributed by atoms with Crippen LogP contribution < -0.4 is 0 Å². The monoisotopic (exact) mass is 172 g/mol. The molecule has 0 aromatic carbocycles. The molecule has 0 amide bonds. The van der Waals surface area contributed by atoms with E-state index < -0.39 is 0 Å². The molecule has 1 aromatic rings. The second-order valence-electron chi connectivity index (χ2n) is 1.10. The molecule has 2 nitrogen and oxygen atoms in total. The third kappa shape index (κ3) is 2.91. The van der Waals surface area contributed by atoms with Crippen molar-refractivity contribution in [1.29, 1.82) is 0 Å². The van der Waals surface area contributed by atoms with Gasteiger partial charge in [-0.1, -0.05) is 11.3 Å². The van der Waals surface area contributed by atoms with Gasteiger partial charge in [0.1, 0.15) is 5.01 Å². The van der Waals surface area contributed by atoms with Crippen molar-refractivity contribution in [3.05, 3.63) is 5.01 Å². The van der Waals surface area contributed by atoms with Gasteiger partial charge in [0.15, 0.2) is 4.34 Å². The molecule has 0 saturated heterocycles. The average Bonchev–Trinajstić information content (AvgIpc) is 1.87. The van der Waals surface area contributed by atoms with Crippen LogP contribution in [0.15, 0.2) is 4.34 Å². The molecule has 1 aromatic heterocycles. The van der Waals surface area contributed by atoms with E-state index >= 15 is 0 Å². The molecule has 0 atom stereocenters. The number of aromatic nitrogens is 2. The zero-order valence-electron chi connectivity index (χ0n) is 3.75. The molecule has 0 spiro atoms. The molecular formula is C3H5KN2S2. The van der Waals surface area contributed by atoms with Crippen molar-refractivity contribution in [2.75, 3.05) is 0 Å². The van der Waals surface area contributed by atoms with Crippen molar-refractivity contribution in [2.45, 2.75) is 11.3 Å². The van der Waals surface area contributed by atoms with Crippen LogP contribution in [0.3, 0.4) is 0 Å². The first-order valence-corrected chi connectivity index (χ1v) is 3.04. The topological polar surface area (TPSA) is 25.8 Å². The number of thiol groups is 1. The minimum atomic E-state index is 0. The summed E-state index contributed by atoms with van der Waals surface area (Å²) in [6.45, 7) is 1.90. The Morgan fingerprint density at radius 3 is 2.25 bits per heavy atom. The normalized spacial score (nSPS) is 8.25. The van der Waals surface area contributed by atoms with Crippen LogP contribution in [0.2, 0.25) is 0 Å². The van der Waals surface area contributed by atoms with E-state index in [0.717, 1.165) is 9.35 Å². The van der Waals surface area contributed by atoms with Gasteiger partial charge in [0.05, 0.1) is 0 Å². The maximum absolute atomic E-state index is 3.95. The van der Waals surface area contributed by atoms with Gasteiger partial charge in [-0.05, 0) is 6.92 Å². The summed E-state index contributed by atoms with van der Waals surface area (Å²) in [5.41, 5.74) is 0. The summed E-state index contributed by atoms with van der Waals surface area (Å²) in [4.78, 5) is 0. The molecule has 0 saturated carbocycles. The summed E-state index contributed by atoms with van der Waals surface area (Å²) >= 11 is 5.43. The Hall–Kier alpha value is 1.55. The molecular weight excluding hydrogens is 167 g/mol. The van der Waals surface area contributed by atoms with Crippen LogP contribution in [0, 0.1) is 6.92 Å². The van der Waals surface area contributed by atoms with Crippen molar-refractivity contribution < 1.29 is 0 Å². The van der Waals surface area contributed by atoms with Crippen LogP contribution in [0.5, 0.6) is 0 Å². The number of nitrogens with zero attached hydrogens (tertiary/aromatic N) is 2. The number of hydrogen-bond donors (Lipinski definition) is 1. The molecule has 0 aliphatic heterocycles. The van der Waals surface area contributed by atoms with E-state index in [-0.39, 0.29) is 51.4 Å². The molecule has 1 heterocycles. The van der Waals surface area contributed by atoms with E-state index in [4.69, 9.17) is 0 Å². The van der Waals surface area contributed by atoms with E-state index in [1.165, 1.54) is 11.3 Å². The van der Waals surface area contributed by atoms with Gasteiger partial charge < -0.3 is 0 Å². The number of rotatable bonds is 0. The van der Waals surface area contributed by atoms with Gasteiger partial charge in [-0.3, -0.25) is 0 Å². The van der Waals surface area contributed by atoms with Crippen molar-refractivity contribution in [3.8, 4) is 0 Å². The van der Waals surface area contributed by atoms with E-state index in [1.54, 1.807) is 0 Å².